The van der Waals surface area contributed by atoms with Gasteiger partial charge in [-0.25, -0.2) is 0 Å². The Morgan fingerprint density at radius 3 is 2.58 bits per heavy atom. The fraction of sp³-hybridized carbons (Fsp3) is 0.0588. The zero-order chi connectivity index (χ0) is 17.7. The molecule has 0 unspecified atom stereocenters. The summed E-state index contributed by atoms with van der Waals surface area (Å²) >= 11 is 9.42. The van der Waals surface area contributed by atoms with E-state index in [0.29, 0.717) is 26.5 Å². The van der Waals surface area contributed by atoms with Gasteiger partial charge in [0.15, 0.2) is 5.75 Å². The normalized spacial score (nSPS) is 10.8. The number of carbonyl (C=O) groups excluding carboxylic acids is 1. The zero-order valence-corrected chi connectivity index (χ0v) is 14.9. The van der Waals surface area contributed by atoms with E-state index in [2.05, 4.69) is 21.2 Å². The van der Waals surface area contributed by atoms with Gasteiger partial charge in [0, 0.05) is 5.69 Å². The van der Waals surface area contributed by atoms with E-state index in [1.165, 1.54) is 37.5 Å². The van der Waals surface area contributed by atoms with Crippen LogP contribution in [-0.4, -0.2) is 18.1 Å². The van der Waals surface area contributed by atoms with Crippen LogP contribution in [0, 0.1) is 11.3 Å². The number of nitrogens with one attached hydrogen (secondary N) is 1. The van der Waals surface area contributed by atoms with Crippen molar-refractivity contribution >= 4 is 45.2 Å². The predicted molar refractivity (Wildman–Crippen MR) is 96.0 cm³/mol. The highest BCUT2D eigenvalue weighted by Gasteiger charge is 2.12. The molecule has 7 heteroatoms. The Hall–Kier alpha value is -2.49. The maximum Gasteiger partial charge on any atom is 0.266 e. The van der Waals surface area contributed by atoms with E-state index in [1.54, 1.807) is 12.1 Å². The van der Waals surface area contributed by atoms with Crippen molar-refractivity contribution in [1.82, 2.24) is 0 Å². The van der Waals surface area contributed by atoms with Crippen LogP contribution in [0.25, 0.3) is 6.08 Å². The Morgan fingerprint density at radius 1 is 1.38 bits per heavy atom. The summed E-state index contributed by atoms with van der Waals surface area (Å²) in [6.07, 6.45) is 1.42. The molecule has 0 aliphatic heterocycles. The smallest absolute Gasteiger partial charge is 0.266 e. The molecule has 2 N–H and O–H groups in total. The number of phenolic OH excluding ortho intramolecular Hbond substituents is 1. The Labute approximate surface area is 152 Å². The van der Waals surface area contributed by atoms with E-state index in [-0.39, 0.29) is 11.3 Å². The summed E-state index contributed by atoms with van der Waals surface area (Å²) in [5.41, 5.74) is 0.953. The number of rotatable bonds is 4. The number of hydrogen-bond acceptors (Lipinski definition) is 4. The first kappa shape index (κ1) is 17.9. The molecule has 1 amide bonds. The molecule has 0 saturated carbocycles. The van der Waals surface area contributed by atoms with Gasteiger partial charge in [0.1, 0.15) is 17.4 Å². The number of carbonyl (C=O) groups is 1. The molecular weight excluding hydrogens is 396 g/mol. The lowest BCUT2D eigenvalue weighted by atomic mass is 10.1. The number of amides is 1. The average molecular weight is 408 g/mol. The highest BCUT2D eigenvalue weighted by atomic mass is 79.9. The molecule has 0 radical (unpaired) electrons. The quantitative estimate of drug-likeness (QED) is 0.448. The molecule has 0 aliphatic rings. The van der Waals surface area contributed by atoms with Crippen LogP contribution in [0.3, 0.4) is 0 Å². The van der Waals surface area contributed by atoms with Crippen LogP contribution in [-0.2, 0) is 4.79 Å². The van der Waals surface area contributed by atoms with Gasteiger partial charge >= 0.3 is 0 Å². The third-order valence-corrected chi connectivity index (χ3v) is 3.90. The zero-order valence-electron chi connectivity index (χ0n) is 12.5. The van der Waals surface area contributed by atoms with E-state index in [1.807, 2.05) is 6.07 Å². The molecule has 0 spiro atoms. The van der Waals surface area contributed by atoms with Gasteiger partial charge in [-0.1, -0.05) is 11.6 Å². The minimum Gasteiger partial charge on any atom is -0.508 e. The van der Waals surface area contributed by atoms with Crippen molar-refractivity contribution in [2.24, 2.45) is 0 Å². The number of anilines is 1. The van der Waals surface area contributed by atoms with E-state index in [9.17, 15) is 15.2 Å². The Bertz CT molecular complexity index is 819. The maximum absolute atomic E-state index is 12.2. The molecule has 0 fully saturated rings. The number of methoxy groups -OCH3 is 1. The van der Waals surface area contributed by atoms with Crippen molar-refractivity contribution in [3.63, 3.8) is 0 Å². The molecule has 24 heavy (non-hydrogen) atoms. The van der Waals surface area contributed by atoms with E-state index >= 15 is 0 Å². The SMILES string of the molecule is COc1c(Cl)cc(C=C(C#N)C(=O)Nc2ccc(O)cc2)cc1Br. The molecule has 0 bridgehead atoms. The van der Waals surface area contributed by atoms with Crippen LogP contribution in [0.5, 0.6) is 11.5 Å². The van der Waals surface area contributed by atoms with Gasteiger partial charge in [-0.3, -0.25) is 4.79 Å². The number of aromatic hydroxyl groups is 1. The van der Waals surface area contributed by atoms with E-state index in [0.717, 1.165) is 0 Å². The second kappa shape index (κ2) is 7.86. The van der Waals surface area contributed by atoms with E-state index < -0.39 is 5.91 Å². The van der Waals surface area contributed by atoms with Crippen molar-refractivity contribution in [2.75, 3.05) is 12.4 Å². The summed E-state index contributed by atoms with van der Waals surface area (Å²) in [6, 6.07) is 11.1. The summed E-state index contributed by atoms with van der Waals surface area (Å²) in [6.45, 7) is 0. The fourth-order valence-corrected chi connectivity index (χ4v) is 2.98. The van der Waals surface area contributed by atoms with Gasteiger partial charge in [0.05, 0.1) is 16.6 Å². The molecule has 0 heterocycles. The first-order valence-electron chi connectivity index (χ1n) is 6.70. The summed E-state index contributed by atoms with van der Waals surface area (Å²) in [7, 11) is 1.49. The Kier molecular flexibility index (Phi) is 5.85. The largest absolute Gasteiger partial charge is 0.508 e. The molecule has 2 rings (SSSR count). The summed E-state index contributed by atoms with van der Waals surface area (Å²) < 4.78 is 5.75. The van der Waals surface area contributed by atoms with Crippen LogP contribution in [0.2, 0.25) is 5.02 Å². The van der Waals surface area contributed by atoms with Crippen LogP contribution in [0.15, 0.2) is 46.4 Å². The summed E-state index contributed by atoms with van der Waals surface area (Å²) in [5.74, 6) is -0.00565. The highest BCUT2D eigenvalue weighted by molar-refractivity contribution is 9.10. The van der Waals surface area contributed by atoms with Crippen molar-refractivity contribution in [2.45, 2.75) is 0 Å². The topological polar surface area (TPSA) is 82.3 Å². The Morgan fingerprint density at radius 2 is 2.04 bits per heavy atom. The number of ether oxygens (including phenoxy) is 1. The minimum absolute atomic E-state index is 0.0850. The average Bonchev–Trinajstić information content (AvgIpc) is 2.54. The standard InChI is InChI=1S/C17H12BrClN2O3/c1-24-16-14(18)7-10(8-15(16)19)6-11(9-20)17(23)21-12-2-4-13(22)5-3-12/h2-8,22H,1H3,(H,21,23). The number of nitriles is 1. The van der Waals surface area contributed by atoms with Crippen molar-refractivity contribution in [3.8, 4) is 17.6 Å². The third-order valence-electron chi connectivity index (χ3n) is 3.03. The number of phenols is 1. The molecule has 0 aromatic heterocycles. The summed E-state index contributed by atoms with van der Waals surface area (Å²) in [4.78, 5) is 12.2. The second-order valence-corrected chi connectivity index (χ2v) is 5.95. The molecule has 0 atom stereocenters. The van der Waals surface area contributed by atoms with Crippen LogP contribution in [0.4, 0.5) is 5.69 Å². The number of benzene rings is 2. The Balaban J connectivity index is 2.27. The van der Waals surface area contributed by atoms with Crippen molar-refractivity contribution in [1.29, 1.82) is 5.26 Å². The molecular formula is C17H12BrClN2O3. The van der Waals surface area contributed by atoms with Crippen molar-refractivity contribution in [3.05, 3.63) is 57.0 Å². The molecule has 2 aromatic rings. The van der Waals surface area contributed by atoms with Gasteiger partial charge in [-0.15, -0.1) is 0 Å². The lowest BCUT2D eigenvalue weighted by Gasteiger charge is -2.08. The van der Waals surface area contributed by atoms with Gasteiger partial charge < -0.3 is 15.2 Å². The van der Waals surface area contributed by atoms with Gasteiger partial charge in [0.25, 0.3) is 5.91 Å². The van der Waals surface area contributed by atoms with Gasteiger partial charge in [0.2, 0.25) is 0 Å². The molecule has 5 nitrogen and oxygen atoms in total. The van der Waals surface area contributed by atoms with Crippen LogP contribution in [0.1, 0.15) is 5.56 Å². The van der Waals surface area contributed by atoms with Gasteiger partial charge in [-0.2, -0.15) is 5.26 Å². The van der Waals surface area contributed by atoms with Crippen molar-refractivity contribution < 1.29 is 14.6 Å². The lowest BCUT2D eigenvalue weighted by molar-refractivity contribution is -0.112. The maximum atomic E-state index is 12.2. The third kappa shape index (κ3) is 4.28. The first-order valence-corrected chi connectivity index (χ1v) is 7.87. The number of hydrogen-bond donors (Lipinski definition) is 2. The molecule has 0 aliphatic carbocycles. The van der Waals surface area contributed by atoms with Gasteiger partial charge in [-0.05, 0) is 64.0 Å². The molecule has 0 saturated heterocycles. The van der Waals surface area contributed by atoms with Crippen LogP contribution >= 0.6 is 27.5 Å². The first-order chi connectivity index (χ1) is 11.4. The molecule has 2 aromatic carbocycles. The van der Waals surface area contributed by atoms with Crippen LogP contribution < -0.4 is 10.1 Å². The monoisotopic (exact) mass is 406 g/mol. The minimum atomic E-state index is -0.564. The predicted octanol–water partition coefficient (Wildman–Crippen LogP) is 4.36. The second-order valence-electron chi connectivity index (χ2n) is 4.69. The highest BCUT2D eigenvalue weighted by Crippen LogP contribution is 2.34. The number of nitrogens with zero attached hydrogens (tertiary/aromatic N) is 1. The fourth-order valence-electron chi connectivity index (χ4n) is 1.92. The summed E-state index contributed by atoms with van der Waals surface area (Å²) in [5, 5.41) is 21.4. The molecule has 122 valence electrons. The lowest BCUT2D eigenvalue weighted by Crippen LogP contribution is -2.13. The number of halogens is 2. The van der Waals surface area contributed by atoms with E-state index in [4.69, 9.17) is 16.3 Å².